The molecule has 8 aromatic rings. The van der Waals surface area contributed by atoms with Crippen LogP contribution < -0.4 is 21.1 Å². The van der Waals surface area contributed by atoms with Crippen LogP contribution in [0.15, 0.2) is 117 Å². The highest BCUT2D eigenvalue weighted by Gasteiger charge is 2.20. The minimum absolute atomic E-state index is 0.0927. The summed E-state index contributed by atoms with van der Waals surface area (Å²) in [4.78, 5) is 12.6. The Labute approximate surface area is 407 Å². The van der Waals surface area contributed by atoms with Crippen LogP contribution in [-0.2, 0) is 6.54 Å². The smallest absolute Gasteiger partial charge is 0.336 e. The van der Waals surface area contributed by atoms with Crippen molar-refractivity contribution in [2.45, 2.75) is 34.2 Å². The van der Waals surface area contributed by atoms with Crippen LogP contribution in [-0.4, -0.2) is 15.0 Å². The molecule has 0 radical (unpaired) electrons. The third-order valence-corrected chi connectivity index (χ3v) is 13.1. The van der Waals surface area contributed by atoms with Crippen molar-refractivity contribution < 1.29 is 9.63 Å². The van der Waals surface area contributed by atoms with Crippen LogP contribution in [0.2, 0.25) is 20.1 Å². The molecule has 5 heterocycles. The second-order valence-corrected chi connectivity index (χ2v) is 19.2. The van der Waals surface area contributed by atoms with Gasteiger partial charge in [0.2, 0.25) is 0 Å². The third-order valence-electron chi connectivity index (χ3n) is 9.34. The molecule has 1 aliphatic rings. The maximum absolute atomic E-state index is 11.3. The summed E-state index contributed by atoms with van der Waals surface area (Å²) in [5, 5.41) is 19.7. The summed E-state index contributed by atoms with van der Waals surface area (Å²) in [5.41, 5.74) is 17.9. The first kappa shape index (κ1) is 47.1. The molecule has 4 aromatic heterocycles. The second-order valence-electron chi connectivity index (χ2n) is 14.1. The summed E-state index contributed by atoms with van der Waals surface area (Å²) in [5.74, 6) is 1.77. The van der Waals surface area contributed by atoms with E-state index in [-0.39, 0.29) is 5.06 Å². The standard InChI is InChI=1S/C15H11BrClN2.2C10H8BrClN2.C10H9BrClNO/c1-10-7-11-12(16)9-18-15(14(11)13(17)8-10)19-5-3-2-4-6-19;2*1-5-2-6-7(11)4-14-10(13)9(6)8(12)3-5;1-6-2-7-8(10(12)3-6)4-13(14)5-9(7)11/h2-9H,1H3;2*2-4H,1H3,(H2,13,14);2-3,5,13H,4H2,1H3/q+1;;;. The number of nitrogens with one attached hydrogen (secondary N) is 1. The average Bonchev–Trinajstić information content (AvgIpc) is 3.19. The van der Waals surface area contributed by atoms with Gasteiger partial charge >= 0.3 is 5.82 Å². The number of fused-ring (bicyclic) bond motifs is 4. The Morgan fingerprint density at radius 2 is 0.984 bits per heavy atom. The number of benzene rings is 4. The first-order valence-electron chi connectivity index (χ1n) is 18.3. The number of nitrogens with zero attached hydrogens (tertiary/aromatic N) is 4. The van der Waals surface area contributed by atoms with Crippen molar-refractivity contribution in [3.8, 4) is 5.82 Å². The number of anilines is 2. The van der Waals surface area contributed by atoms with Gasteiger partial charge in [-0.05, 0) is 161 Å². The summed E-state index contributed by atoms with van der Waals surface area (Å²) < 4.78 is 5.57. The van der Waals surface area contributed by atoms with Crippen molar-refractivity contribution in [1.82, 2.24) is 15.0 Å². The zero-order valence-corrected chi connectivity index (χ0v) is 42.3. The fraction of sp³-hybridized carbons (Fsp3) is 0.111. The Bertz CT molecular complexity index is 2900. The molecular weight excluding hydrogens is 1120 g/mol. The number of hydrogen-bond acceptors (Lipinski definition) is 6. The van der Waals surface area contributed by atoms with Gasteiger partial charge in [0.05, 0.1) is 46.8 Å². The number of halogens is 8. The van der Waals surface area contributed by atoms with Crippen LogP contribution in [0.3, 0.4) is 0 Å². The highest BCUT2D eigenvalue weighted by atomic mass is 79.9. The van der Waals surface area contributed by atoms with Gasteiger partial charge in [-0.1, -0.05) is 70.7 Å². The Morgan fingerprint density at radius 1 is 0.574 bits per heavy atom. The molecule has 0 saturated heterocycles. The number of hydrogen-bond donors (Lipinski definition) is 3. The average molecular weight is 1150 g/mol. The van der Waals surface area contributed by atoms with E-state index in [0.29, 0.717) is 33.2 Å². The fourth-order valence-corrected chi connectivity index (χ4v) is 9.95. The van der Waals surface area contributed by atoms with E-state index in [1.807, 2.05) is 112 Å². The van der Waals surface area contributed by atoms with E-state index in [2.05, 4.69) is 84.7 Å². The lowest BCUT2D eigenvalue weighted by atomic mass is 10.0. The molecule has 16 heteroatoms. The van der Waals surface area contributed by atoms with Gasteiger partial charge in [-0.3, -0.25) is 0 Å². The molecule has 312 valence electrons. The third kappa shape index (κ3) is 11.0. The summed E-state index contributed by atoms with van der Waals surface area (Å²) in [6.07, 6.45) is 10.7. The zero-order valence-electron chi connectivity index (χ0n) is 32.9. The van der Waals surface area contributed by atoms with Gasteiger partial charge in [0.1, 0.15) is 24.4 Å². The van der Waals surface area contributed by atoms with Gasteiger partial charge in [-0.25, -0.2) is 14.5 Å². The maximum Gasteiger partial charge on any atom is 0.336 e. The molecule has 0 fully saturated rings. The van der Waals surface area contributed by atoms with E-state index < -0.39 is 0 Å². The zero-order chi connectivity index (χ0) is 44.3. The number of quaternary nitrogens is 1. The molecule has 0 amide bonds. The van der Waals surface area contributed by atoms with E-state index >= 15 is 0 Å². The molecule has 8 nitrogen and oxygen atoms in total. The van der Waals surface area contributed by atoms with E-state index in [0.717, 1.165) is 94.4 Å². The molecule has 5 N–H and O–H groups in total. The minimum atomic E-state index is 0.0927. The Hall–Kier alpha value is -3.40. The quantitative estimate of drug-likeness (QED) is 0.111. The molecule has 0 bridgehead atoms. The van der Waals surface area contributed by atoms with Crippen molar-refractivity contribution in [1.29, 1.82) is 0 Å². The number of aryl methyl sites for hydroxylation is 4. The second kappa shape index (κ2) is 20.4. The van der Waals surface area contributed by atoms with Crippen LogP contribution >= 0.6 is 110 Å². The number of aromatic nitrogens is 4. The molecule has 0 saturated carbocycles. The molecule has 9 rings (SSSR count). The number of hydroxylamine groups is 2. The van der Waals surface area contributed by atoms with E-state index in [9.17, 15) is 5.21 Å². The highest BCUT2D eigenvalue weighted by Crippen LogP contribution is 2.36. The largest absolute Gasteiger partial charge is 0.629 e. The summed E-state index contributed by atoms with van der Waals surface area (Å²) in [6, 6.07) is 21.7. The molecule has 1 atom stereocenters. The van der Waals surface area contributed by atoms with Gasteiger partial charge in [0, 0.05) is 59.4 Å². The van der Waals surface area contributed by atoms with Crippen molar-refractivity contribution in [2.24, 2.45) is 0 Å². The Kier molecular flexibility index (Phi) is 15.8. The van der Waals surface area contributed by atoms with Gasteiger partial charge in [-0.2, -0.15) is 0 Å². The van der Waals surface area contributed by atoms with Crippen molar-refractivity contribution in [3.05, 3.63) is 176 Å². The lowest BCUT2D eigenvalue weighted by Gasteiger charge is -2.25. The highest BCUT2D eigenvalue weighted by molar-refractivity contribution is 9.15. The topological polar surface area (TPSA) is 122 Å². The fourth-order valence-electron chi connectivity index (χ4n) is 6.66. The number of nitrogens with two attached hydrogens (primary N) is 2. The summed E-state index contributed by atoms with van der Waals surface area (Å²) in [7, 11) is 0. The van der Waals surface area contributed by atoms with Gasteiger partial charge in [0.25, 0.3) is 0 Å². The normalized spacial score (nSPS) is 13.0. The predicted molar refractivity (Wildman–Crippen MR) is 269 cm³/mol. The first-order valence-corrected chi connectivity index (χ1v) is 23.0. The number of nitrogen functional groups attached to an aromatic ring is 2. The Morgan fingerprint density at radius 3 is 1.48 bits per heavy atom. The van der Waals surface area contributed by atoms with E-state index in [1.165, 1.54) is 0 Å². The lowest BCUT2D eigenvalue weighted by molar-refractivity contribution is -0.806. The van der Waals surface area contributed by atoms with Gasteiger partial charge in [-0.15, -0.1) is 0 Å². The van der Waals surface area contributed by atoms with E-state index in [1.54, 1.807) is 18.6 Å². The van der Waals surface area contributed by atoms with Gasteiger partial charge in [0.15, 0.2) is 6.20 Å². The monoisotopic (exact) mass is 1150 g/mol. The minimum Gasteiger partial charge on any atom is -0.629 e. The van der Waals surface area contributed by atoms with Crippen molar-refractivity contribution in [2.75, 3.05) is 11.5 Å². The molecule has 4 aromatic carbocycles. The number of rotatable bonds is 1. The molecule has 1 unspecified atom stereocenters. The first-order chi connectivity index (χ1) is 28.9. The molecule has 1 aliphatic heterocycles. The van der Waals surface area contributed by atoms with Crippen LogP contribution in [0.5, 0.6) is 0 Å². The molecule has 61 heavy (non-hydrogen) atoms. The van der Waals surface area contributed by atoms with E-state index in [4.69, 9.17) is 57.9 Å². The SMILES string of the molecule is Cc1cc(Cl)c2c(-[n+]3ccccc3)ncc(Br)c2c1.Cc1cc(Cl)c2c(N)ncc(Br)c2c1.Cc1cc(Cl)c2c(N)ncc(Br)c2c1.Cc1cc(Cl)c2c(c1)C(Br)=C[NH+]([O-])C2. The molecular formula is C45H36Br4Cl4N7O+. The van der Waals surface area contributed by atoms with Gasteiger partial charge < -0.3 is 21.7 Å². The molecule has 0 spiro atoms. The number of pyridine rings is 4. The Balaban J connectivity index is 0.000000137. The lowest BCUT2D eigenvalue weighted by Crippen LogP contribution is -3.01. The van der Waals surface area contributed by atoms with Crippen molar-refractivity contribution in [3.63, 3.8) is 0 Å². The maximum atomic E-state index is 11.3. The molecule has 0 aliphatic carbocycles. The van der Waals surface area contributed by atoms with Crippen LogP contribution in [0.4, 0.5) is 11.6 Å². The van der Waals surface area contributed by atoms with Crippen molar-refractivity contribution >= 4 is 159 Å². The summed E-state index contributed by atoms with van der Waals surface area (Å²) in [6.45, 7) is 8.42. The summed E-state index contributed by atoms with van der Waals surface area (Å²) >= 11 is 38.5. The van der Waals surface area contributed by atoms with Crippen LogP contribution in [0.1, 0.15) is 33.4 Å². The van der Waals surface area contributed by atoms with Crippen LogP contribution in [0, 0.1) is 32.9 Å². The van der Waals surface area contributed by atoms with Crippen LogP contribution in [0.25, 0.3) is 42.6 Å². The predicted octanol–water partition coefficient (Wildman–Crippen LogP) is 13.6.